The summed E-state index contributed by atoms with van der Waals surface area (Å²) in [7, 11) is 0. The molecule has 1 aliphatic heterocycles. The predicted octanol–water partition coefficient (Wildman–Crippen LogP) is 2.49. The Balaban J connectivity index is 1.50. The maximum Gasteiger partial charge on any atom is 0.0236 e. The molecule has 0 aliphatic carbocycles. The first-order valence-corrected chi connectivity index (χ1v) is 6.96. The third-order valence-corrected chi connectivity index (χ3v) is 3.73. The minimum Gasteiger partial charge on any atom is -0.311 e. The monoisotopic (exact) mass is 252 g/mol. The number of fused-ring (bicyclic) bond motifs is 1. The van der Waals surface area contributed by atoms with Crippen molar-refractivity contribution in [1.82, 2.24) is 10.6 Å². The van der Waals surface area contributed by atoms with Crippen LogP contribution in [0.2, 0.25) is 0 Å². The summed E-state index contributed by atoms with van der Waals surface area (Å²) in [6.45, 7) is 2.96. The van der Waals surface area contributed by atoms with Crippen molar-refractivity contribution in [3.05, 3.63) is 71.3 Å². The number of hydrogen-bond acceptors (Lipinski definition) is 2. The molecule has 2 nitrogen and oxygen atoms in total. The summed E-state index contributed by atoms with van der Waals surface area (Å²) in [6, 6.07) is 19.8. The van der Waals surface area contributed by atoms with Gasteiger partial charge in [0.25, 0.3) is 0 Å². The van der Waals surface area contributed by atoms with Crippen molar-refractivity contribution in [3.8, 4) is 0 Å². The molecule has 98 valence electrons. The summed E-state index contributed by atoms with van der Waals surface area (Å²) in [4.78, 5) is 0. The zero-order valence-electron chi connectivity index (χ0n) is 11.1. The van der Waals surface area contributed by atoms with E-state index in [4.69, 9.17) is 0 Å². The van der Waals surface area contributed by atoms with Crippen LogP contribution in [-0.4, -0.2) is 12.6 Å². The maximum atomic E-state index is 3.60. The van der Waals surface area contributed by atoms with Crippen LogP contribution in [-0.2, 0) is 19.5 Å². The molecule has 3 rings (SSSR count). The van der Waals surface area contributed by atoms with Gasteiger partial charge in [0.1, 0.15) is 0 Å². The van der Waals surface area contributed by atoms with E-state index in [1.807, 2.05) is 0 Å². The molecule has 19 heavy (non-hydrogen) atoms. The van der Waals surface area contributed by atoms with Gasteiger partial charge in [0.15, 0.2) is 0 Å². The summed E-state index contributed by atoms with van der Waals surface area (Å²) < 4.78 is 0. The lowest BCUT2D eigenvalue weighted by Crippen LogP contribution is -2.42. The molecule has 1 aliphatic rings. The van der Waals surface area contributed by atoms with Crippen LogP contribution in [0.3, 0.4) is 0 Å². The molecule has 2 aromatic carbocycles. The summed E-state index contributed by atoms with van der Waals surface area (Å²) in [5.74, 6) is 0. The lowest BCUT2D eigenvalue weighted by atomic mass is 9.96. The Hall–Kier alpha value is -1.64. The Morgan fingerprint density at radius 2 is 1.68 bits per heavy atom. The van der Waals surface area contributed by atoms with Crippen molar-refractivity contribution in [2.45, 2.75) is 25.6 Å². The Kier molecular flexibility index (Phi) is 3.92. The summed E-state index contributed by atoms with van der Waals surface area (Å²) in [6.07, 6.45) is 1.12. The molecule has 0 fully saturated rings. The van der Waals surface area contributed by atoms with Crippen molar-refractivity contribution < 1.29 is 0 Å². The molecule has 0 saturated heterocycles. The molecular weight excluding hydrogens is 232 g/mol. The predicted molar refractivity (Wildman–Crippen MR) is 78.9 cm³/mol. The molecular formula is C17H20N2. The highest BCUT2D eigenvalue weighted by Gasteiger charge is 2.16. The van der Waals surface area contributed by atoms with E-state index >= 15 is 0 Å². The zero-order valence-corrected chi connectivity index (χ0v) is 11.1. The average molecular weight is 252 g/mol. The van der Waals surface area contributed by atoms with Crippen molar-refractivity contribution in [3.63, 3.8) is 0 Å². The number of nitrogens with one attached hydrogen (secondary N) is 2. The van der Waals surface area contributed by atoms with Crippen molar-refractivity contribution in [1.29, 1.82) is 0 Å². The van der Waals surface area contributed by atoms with E-state index < -0.39 is 0 Å². The van der Waals surface area contributed by atoms with Gasteiger partial charge in [-0.25, -0.2) is 0 Å². The lowest BCUT2D eigenvalue weighted by Gasteiger charge is -2.26. The van der Waals surface area contributed by atoms with Gasteiger partial charge in [0.05, 0.1) is 0 Å². The smallest absolute Gasteiger partial charge is 0.0236 e. The van der Waals surface area contributed by atoms with Gasteiger partial charge >= 0.3 is 0 Å². The van der Waals surface area contributed by atoms with E-state index in [-0.39, 0.29) is 0 Å². The normalized spacial score (nSPS) is 18.0. The second-order valence-electron chi connectivity index (χ2n) is 5.17. The van der Waals surface area contributed by atoms with Gasteiger partial charge in [-0.15, -0.1) is 0 Å². The van der Waals surface area contributed by atoms with Crippen LogP contribution in [0.4, 0.5) is 0 Å². The maximum absolute atomic E-state index is 3.60. The second-order valence-corrected chi connectivity index (χ2v) is 5.17. The molecule has 1 unspecified atom stereocenters. The van der Waals surface area contributed by atoms with E-state index in [1.165, 1.54) is 16.7 Å². The third kappa shape index (κ3) is 3.22. The van der Waals surface area contributed by atoms with Gasteiger partial charge in [-0.2, -0.15) is 0 Å². The topological polar surface area (TPSA) is 24.1 Å². The highest BCUT2D eigenvalue weighted by atomic mass is 15.0. The third-order valence-electron chi connectivity index (χ3n) is 3.73. The molecule has 2 heteroatoms. The molecule has 2 aromatic rings. The van der Waals surface area contributed by atoms with Gasteiger partial charge in [-0.1, -0.05) is 54.6 Å². The van der Waals surface area contributed by atoms with Gasteiger partial charge in [-0.3, -0.25) is 0 Å². The molecule has 2 N–H and O–H groups in total. The van der Waals surface area contributed by atoms with E-state index in [0.29, 0.717) is 6.04 Å². The van der Waals surface area contributed by atoms with E-state index in [1.54, 1.807) is 0 Å². The first-order chi connectivity index (χ1) is 9.42. The Bertz CT molecular complexity index is 522. The molecule has 0 radical (unpaired) electrons. The molecule has 1 atom stereocenters. The van der Waals surface area contributed by atoms with Crippen LogP contribution in [0.25, 0.3) is 0 Å². The molecule has 0 amide bonds. The van der Waals surface area contributed by atoms with Crippen molar-refractivity contribution in [2.24, 2.45) is 0 Å². The first-order valence-electron chi connectivity index (χ1n) is 6.96. The van der Waals surface area contributed by atoms with Crippen molar-refractivity contribution in [2.75, 3.05) is 6.54 Å². The second kappa shape index (κ2) is 6.00. The number of hydrogen-bond donors (Lipinski definition) is 2. The highest BCUT2D eigenvalue weighted by molar-refractivity contribution is 5.30. The molecule has 0 spiro atoms. The van der Waals surface area contributed by atoms with Gasteiger partial charge in [-0.05, 0) is 23.1 Å². The van der Waals surface area contributed by atoms with Gasteiger partial charge < -0.3 is 10.6 Å². The minimum absolute atomic E-state index is 0.540. The SMILES string of the molecule is c1ccc(CNCC2Cc3ccccc3CN2)cc1. The zero-order chi connectivity index (χ0) is 12.9. The standard InChI is InChI=1S/C17H20N2/c1-2-6-14(7-3-1)11-18-13-17-10-15-8-4-5-9-16(15)12-19-17/h1-9,17-19H,10-13H2. The van der Waals surface area contributed by atoms with Crippen LogP contribution < -0.4 is 10.6 Å². The van der Waals surface area contributed by atoms with Gasteiger partial charge in [0.2, 0.25) is 0 Å². The summed E-state index contributed by atoms with van der Waals surface area (Å²) in [5.41, 5.74) is 4.29. The average Bonchev–Trinajstić information content (AvgIpc) is 2.48. The lowest BCUT2D eigenvalue weighted by molar-refractivity contribution is 0.447. The number of rotatable bonds is 4. The Morgan fingerprint density at radius 3 is 2.53 bits per heavy atom. The molecule has 0 bridgehead atoms. The number of benzene rings is 2. The van der Waals surface area contributed by atoms with Crippen LogP contribution in [0.5, 0.6) is 0 Å². The summed E-state index contributed by atoms with van der Waals surface area (Å²) >= 11 is 0. The van der Waals surface area contributed by atoms with Crippen LogP contribution in [0.15, 0.2) is 54.6 Å². The quantitative estimate of drug-likeness (QED) is 0.873. The fraction of sp³-hybridized carbons (Fsp3) is 0.294. The fourth-order valence-electron chi connectivity index (χ4n) is 2.65. The Labute approximate surface area is 114 Å². The van der Waals surface area contributed by atoms with E-state index in [0.717, 1.165) is 26.1 Å². The van der Waals surface area contributed by atoms with E-state index in [9.17, 15) is 0 Å². The molecule has 0 aromatic heterocycles. The van der Waals surface area contributed by atoms with E-state index in [2.05, 4.69) is 65.2 Å². The molecule has 1 heterocycles. The van der Waals surface area contributed by atoms with Crippen LogP contribution >= 0.6 is 0 Å². The first kappa shape index (κ1) is 12.4. The highest BCUT2D eigenvalue weighted by Crippen LogP contribution is 2.15. The largest absolute Gasteiger partial charge is 0.311 e. The minimum atomic E-state index is 0.540. The van der Waals surface area contributed by atoms with Crippen LogP contribution in [0.1, 0.15) is 16.7 Å². The van der Waals surface area contributed by atoms with Gasteiger partial charge in [0, 0.05) is 25.7 Å². The van der Waals surface area contributed by atoms with Crippen LogP contribution in [0, 0.1) is 0 Å². The van der Waals surface area contributed by atoms with Crippen molar-refractivity contribution >= 4 is 0 Å². The Morgan fingerprint density at radius 1 is 0.947 bits per heavy atom. The molecule has 0 saturated carbocycles. The summed E-state index contributed by atoms with van der Waals surface area (Å²) in [5, 5.41) is 7.14. The fourth-order valence-corrected chi connectivity index (χ4v) is 2.65.